The van der Waals surface area contributed by atoms with Gasteiger partial charge in [-0.15, -0.1) is 0 Å². The first-order valence-electron chi connectivity index (χ1n) is 8.48. The third-order valence-electron chi connectivity index (χ3n) is 4.26. The summed E-state index contributed by atoms with van der Waals surface area (Å²) in [5, 5.41) is 15.8. The molecule has 0 spiro atoms. The van der Waals surface area contributed by atoms with Crippen LogP contribution in [0.1, 0.15) is 61.7 Å². The van der Waals surface area contributed by atoms with Crippen LogP contribution in [0.4, 0.5) is 5.69 Å². The average Bonchev–Trinajstić information content (AvgIpc) is 3.33. The molecule has 1 aliphatic carbocycles. The Balaban J connectivity index is 1.47. The smallest absolute Gasteiger partial charge is 0.310 e. The van der Waals surface area contributed by atoms with E-state index >= 15 is 0 Å². The highest BCUT2D eigenvalue weighted by Gasteiger charge is 2.28. The molecule has 1 saturated carbocycles. The van der Waals surface area contributed by atoms with Crippen molar-refractivity contribution >= 4 is 17.6 Å². The minimum atomic E-state index is -0.895. The zero-order valence-corrected chi connectivity index (χ0v) is 14.1. The number of hydrogen-bond acceptors (Lipinski definition) is 5. The maximum Gasteiger partial charge on any atom is 0.310 e. The molecule has 1 aromatic heterocycles. The van der Waals surface area contributed by atoms with Gasteiger partial charge in [0.05, 0.1) is 5.92 Å². The summed E-state index contributed by atoms with van der Waals surface area (Å²) in [5.74, 6) is 0.183. The van der Waals surface area contributed by atoms with Crippen molar-refractivity contribution in [3.8, 4) is 0 Å². The van der Waals surface area contributed by atoms with Gasteiger partial charge >= 0.3 is 5.97 Å². The summed E-state index contributed by atoms with van der Waals surface area (Å²) >= 11 is 0. The van der Waals surface area contributed by atoms with Gasteiger partial charge < -0.3 is 14.9 Å². The van der Waals surface area contributed by atoms with Crippen molar-refractivity contribution in [3.63, 3.8) is 0 Å². The minimum Gasteiger partial charge on any atom is -0.481 e. The molecular weight excluding hydrogens is 322 g/mol. The number of hydrogen-bond donors (Lipinski definition) is 2. The molecule has 132 valence electrons. The largest absolute Gasteiger partial charge is 0.481 e. The highest BCUT2D eigenvalue weighted by molar-refractivity contribution is 5.91. The van der Waals surface area contributed by atoms with Gasteiger partial charge in [-0.25, -0.2) is 0 Å². The lowest BCUT2D eigenvalue weighted by Gasteiger charge is -2.10. The normalized spacial score (nSPS) is 14.9. The Morgan fingerprint density at radius 2 is 2.20 bits per heavy atom. The molecule has 0 radical (unpaired) electrons. The zero-order valence-electron chi connectivity index (χ0n) is 14.1. The van der Waals surface area contributed by atoms with E-state index in [1.165, 1.54) is 0 Å². The quantitative estimate of drug-likeness (QED) is 0.763. The molecule has 3 rings (SSSR count). The molecule has 1 heterocycles. The number of rotatable bonds is 8. The van der Waals surface area contributed by atoms with Crippen LogP contribution in [0.25, 0.3) is 0 Å². The second-order valence-corrected chi connectivity index (χ2v) is 6.41. The monoisotopic (exact) mass is 343 g/mol. The minimum absolute atomic E-state index is 0.123. The lowest BCUT2D eigenvalue weighted by atomic mass is 10.0. The van der Waals surface area contributed by atoms with E-state index in [1.807, 2.05) is 0 Å². The van der Waals surface area contributed by atoms with Crippen molar-refractivity contribution < 1.29 is 19.2 Å². The highest BCUT2D eigenvalue weighted by Crippen LogP contribution is 2.38. The van der Waals surface area contributed by atoms with Crippen LogP contribution in [0, 0.1) is 0 Å². The van der Waals surface area contributed by atoms with Gasteiger partial charge in [0.15, 0.2) is 5.82 Å². The van der Waals surface area contributed by atoms with E-state index in [1.54, 1.807) is 31.2 Å². The fourth-order valence-corrected chi connectivity index (χ4v) is 2.53. The second-order valence-electron chi connectivity index (χ2n) is 6.41. The Morgan fingerprint density at radius 1 is 1.40 bits per heavy atom. The van der Waals surface area contributed by atoms with Crippen molar-refractivity contribution in [2.75, 3.05) is 5.32 Å². The first-order chi connectivity index (χ1) is 12.0. The van der Waals surface area contributed by atoms with Gasteiger partial charge in [0.25, 0.3) is 0 Å². The topological polar surface area (TPSA) is 105 Å². The van der Waals surface area contributed by atoms with Crippen LogP contribution >= 0.6 is 0 Å². The van der Waals surface area contributed by atoms with E-state index in [4.69, 9.17) is 9.63 Å². The first-order valence-corrected chi connectivity index (χ1v) is 8.48. The predicted octanol–water partition coefficient (Wildman–Crippen LogP) is 3.10. The molecule has 1 aromatic carbocycles. The third-order valence-corrected chi connectivity index (χ3v) is 4.26. The number of carbonyl (C=O) groups is 2. The number of nitrogens with one attached hydrogen (secondary N) is 1. The van der Waals surface area contributed by atoms with Crippen LogP contribution in [0.3, 0.4) is 0 Å². The van der Waals surface area contributed by atoms with Crippen LogP contribution in [0.15, 0.2) is 28.8 Å². The number of carboxylic acid groups (broad SMARTS) is 1. The molecule has 2 N–H and O–H groups in total. The van der Waals surface area contributed by atoms with Crippen LogP contribution in [0.5, 0.6) is 0 Å². The molecule has 0 aliphatic heterocycles. The zero-order chi connectivity index (χ0) is 17.8. The Bertz CT molecular complexity index is 767. The Morgan fingerprint density at radius 3 is 2.92 bits per heavy atom. The Hall–Kier alpha value is -2.70. The number of nitrogens with zero attached hydrogens (tertiary/aromatic N) is 2. The maximum absolute atomic E-state index is 12.0. The summed E-state index contributed by atoms with van der Waals surface area (Å²) in [4.78, 5) is 27.4. The summed E-state index contributed by atoms with van der Waals surface area (Å²) in [6.45, 7) is 1.61. The summed E-state index contributed by atoms with van der Waals surface area (Å²) in [5.41, 5.74) is 1.26. The van der Waals surface area contributed by atoms with Gasteiger partial charge in [-0.3, -0.25) is 9.59 Å². The molecule has 1 unspecified atom stereocenters. The van der Waals surface area contributed by atoms with Crippen molar-refractivity contribution in [2.45, 2.75) is 50.9 Å². The van der Waals surface area contributed by atoms with Crippen LogP contribution < -0.4 is 5.32 Å². The van der Waals surface area contributed by atoms with Crippen molar-refractivity contribution in [2.24, 2.45) is 0 Å². The van der Waals surface area contributed by atoms with E-state index in [0.29, 0.717) is 42.3 Å². The van der Waals surface area contributed by atoms with Crippen molar-refractivity contribution in [3.05, 3.63) is 41.5 Å². The first kappa shape index (κ1) is 17.1. The summed E-state index contributed by atoms with van der Waals surface area (Å²) in [6, 6.07) is 6.91. The molecule has 7 heteroatoms. The van der Waals surface area contributed by atoms with E-state index in [9.17, 15) is 9.59 Å². The summed E-state index contributed by atoms with van der Waals surface area (Å²) in [7, 11) is 0. The van der Waals surface area contributed by atoms with Crippen LogP contribution in [-0.2, 0) is 16.0 Å². The van der Waals surface area contributed by atoms with Crippen LogP contribution in [0.2, 0.25) is 0 Å². The Labute approximate surface area is 145 Å². The van der Waals surface area contributed by atoms with Gasteiger partial charge in [0.2, 0.25) is 11.8 Å². The summed E-state index contributed by atoms with van der Waals surface area (Å²) < 4.78 is 5.18. The number of aromatic nitrogens is 2. The van der Waals surface area contributed by atoms with E-state index in [0.717, 1.165) is 18.7 Å². The van der Waals surface area contributed by atoms with Crippen molar-refractivity contribution in [1.82, 2.24) is 10.1 Å². The maximum atomic E-state index is 12.0. The number of anilines is 1. The molecule has 1 amide bonds. The molecule has 0 saturated heterocycles. The molecule has 1 aliphatic rings. The fourth-order valence-electron chi connectivity index (χ4n) is 2.53. The lowest BCUT2D eigenvalue weighted by molar-refractivity contribution is -0.138. The predicted molar refractivity (Wildman–Crippen MR) is 90.3 cm³/mol. The number of carbonyl (C=O) groups excluding carboxylic acids is 1. The van der Waals surface area contributed by atoms with Gasteiger partial charge in [-0.2, -0.15) is 4.98 Å². The molecule has 0 bridgehead atoms. The molecule has 2 aromatic rings. The highest BCUT2D eigenvalue weighted by atomic mass is 16.5. The number of benzene rings is 1. The standard InChI is InChI=1S/C18H21N3O4/c1-11(18(23)24)13-4-2-5-14(10-13)19-15(22)6-3-7-16-20-17(21-25-16)12-8-9-12/h2,4-5,10-12H,3,6-9H2,1H3,(H,19,22)(H,23,24). The van der Waals surface area contributed by atoms with Crippen LogP contribution in [-0.4, -0.2) is 27.1 Å². The van der Waals surface area contributed by atoms with Crippen molar-refractivity contribution in [1.29, 1.82) is 0 Å². The van der Waals surface area contributed by atoms with Gasteiger partial charge in [0.1, 0.15) is 0 Å². The van der Waals surface area contributed by atoms with Gasteiger partial charge in [-0.1, -0.05) is 17.3 Å². The van der Waals surface area contributed by atoms with E-state index in [2.05, 4.69) is 15.5 Å². The van der Waals surface area contributed by atoms with E-state index in [-0.39, 0.29) is 5.91 Å². The number of aryl methyl sites for hydroxylation is 1. The molecular formula is C18H21N3O4. The number of aliphatic carboxylic acids is 1. The molecule has 1 atom stereocenters. The molecule has 7 nitrogen and oxygen atoms in total. The SMILES string of the molecule is CC(C(=O)O)c1cccc(NC(=O)CCCc2nc(C3CC3)no2)c1. The third kappa shape index (κ3) is 4.65. The van der Waals surface area contributed by atoms with Gasteiger partial charge in [-0.05, 0) is 43.9 Å². The molecule has 25 heavy (non-hydrogen) atoms. The number of carboxylic acids is 1. The fraction of sp³-hybridized carbons (Fsp3) is 0.444. The van der Waals surface area contributed by atoms with E-state index < -0.39 is 11.9 Å². The number of amides is 1. The Kier molecular flexibility index (Phi) is 5.11. The average molecular weight is 343 g/mol. The molecule has 1 fully saturated rings. The second kappa shape index (κ2) is 7.46. The van der Waals surface area contributed by atoms with Gasteiger partial charge in [0, 0.05) is 24.4 Å². The summed E-state index contributed by atoms with van der Waals surface area (Å²) in [6.07, 6.45) is 3.77. The lowest BCUT2D eigenvalue weighted by Crippen LogP contribution is -2.13.